The first-order valence-corrected chi connectivity index (χ1v) is 12.4. The first-order chi connectivity index (χ1) is 13.7. The third kappa shape index (κ3) is 16.8. The van der Waals surface area contributed by atoms with Gasteiger partial charge in [0.25, 0.3) is 0 Å². The SMILES string of the molecule is CCCCCCCCCCCC[N+](CCCCO)(CCCCO)CCCCO. The Hall–Kier alpha value is -0.160. The van der Waals surface area contributed by atoms with Crippen molar-refractivity contribution in [3.05, 3.63) is 0 Å². The van der Waals surface area contributed by atoms with E-state index in [1.54, 1.807) is 0 Å². The minimum atomic E-state index is 0.283. The molecule has 4 nitrogen and oxygen atoms in total. The molecule has 0 aromatic heterocycles. The van der Waals surface area contributed by atoms with Crippen LogP contribution in [-0.4, -0.2) is 65.8 Å². The lowest BCUT2D eigenvalue weighted by atomic mass is 10.1. The molecule has 0 radical (unpaired) electrons. The highest BCUT2D eigenvalue weighted by atomic mass is 16.3. The predicted octanol–water partition coefficient (Wildman–Crippen LogP) is 5.04. The molecule has 0 heterocycles. The Morgan fingerprint density at radius 3 is 1.00 bits per heavy atom. The van der Waals surface area contributed by atoms with Gasteiger partial charge in [0.2, 0.25) is 0 Å². The van der Waals surface area contributed by atoms with Crippen LogP contribution < -0.4 is 0 Å². The molecule has 0 aliphatic heterocycles. The van der Waals surface area contributed by atoms with E-state index < -0.39 is 0 Å². The number of nitrogens with zero attached hydrogens (tertiary/aromatic N) is 1. The second-order valence-corrected chi connectivity index (χ2v) is 8.71. The first-order valence-electron chi connectivity index (χ1n) is 12.4. The van der Waals surface area contributed by atoms with Crippen LogP contribution in [0.3, 0.4) is 0 Å². The van der Waals surface area contributed by atoms with E-state index in [9.17, 15) is 15.3 Å². The Balaban J connectivity index is 4.26. The summed E-state index contributed by atoms with van der Waals surface area (Å²) in [7, 11) is 0. The zero-order valence-corrected chi connectivity index (χ0v) is 19.1. The molecule has 0 unspecified atom stereocenters. The van der Waals surface area contributed by atoms with Crippen LogP contribution in [0.15, 0.2) is 0 Å². The summed E-state index contributed by atoms with van der Waals surface area (Å²) >= 11 is 0. The molecule has 0 saturated heterocycles. The lowest BCUT2D eigenvalue weighted by Crippen LogP contribution is -2.51. The van der Waals surface area contributed by atoms with Gasteiger partial charge in [-0.3, -0.25) is 0 Å². The highest BCUT2D eigenvalue weighted by Gasteiger charge is 2.25. The summed E-state index contributed by atoms with van der Waals surface area (Å²) in [5, 5.41) is 27.5. The molecule has 0 aromatic carbocycles. The molecule has 0 spiro atoms. The molecule has 0 amide bonds. The van der Waals surface area contributed by atoms with Crippen molar-refractivity contribution in [1.82, 2.24) is 0 Å². The zero-order chi connectivity index (χ0) is 20.8. The number of aliphatic hydroxyl groups is 3. The van der Waals surface area contributed by atoms with Crippen LogP contribution in [0.2, 0.25) is 0 Å². The Morgan fingerprint density at radius 2 is 0.679 bits per heavy atom. The maximum absolute atomic E-state index is 9.18. The molecule has 28 heavy (non-hydrogen) atoms. The maximum atomic E-state index is 9.18. The average molecular weight is 403 g/mol. The Kier molecular flexibility index (Phi) is 21.4. The fraction of sp³-hybridized carbons (Fsp3) is 1.00. The summed E-state index contributed by atoms with van der Waals surface area (Å²) in [6.07, 6.45) is 19.6. The first kappa shape index (κ1) is 27.8. The highest BCUT2D eigenvalue weighted by Crippen LogP contribution is 2.18. The van der Waals surface area contributed by atoms with Crippen molar-refractivity contribution in [2.45, 2.75) is 110 Å². The van der Waals surface area contributed by atoms with Gasteiger partial charge in [-0.1, -0.05) is 58.3 Å². The lowest BCUT2D eigenvalue weighted by molar-refractivity contribution is -0.929. The van der Waals surface area contributed by atoms with Gasteiger partial charge in [-0.25, -0.2) is 0 Å². The van der Waals surface area contributed by atoms with Gasteiger partial charge in [0.05, 0.1) is 26.2 Å². The van der Waals surface area contributed by atoms with Crippen LogP contribution in [0, 0.1) is 0 Å². The molecule has 0 rings (SSSR count). The Morgan fingerprint density at radius 1 is 0.393 bits per heavy atom. The van der Waals surface area contributed by atoms with Crippen LogP contribution in [0.5, 0.6) is 0 Å². The average Bonchev–Trinajstić information content (AvgIpc) is 2.70. The summed E-state index contributed by atoms with van der Waals surface area (Å²) in [6.45, 7) is 7.75. The molecule has 3 N–H and O–H groups in total. The van der Waals surface area contributed by atoms with Crippen molar-refractivity contribution < 1.29 is 19.8 Å². The number of hydrogen-bond donors (Lipinski definition) is 3. The number of rotatable bonds is 23. The van der Waals surface area contributed by atoms with E-state index in [2.05, 4.69) is 6.92 Å². The molecule has 0 atom stereocenters. The van der Waals surface area contributed by atoms with E-state index >= 15 is 0 Å². The van der Waals surface area contributed by atoms with Crippen LogP contribution in [-0.2, 0) is 0 Å². The van der Waals surface area contributed by atoms with Gasteiger partial charge < -0.3 is 19.8 Å². The smallest absolute Gasteiger partial charge is 0.0787 e. The van der Waals surface area contributed by atoms with Gasteiger partial charge in [-0.2, -0.15) is 0 Å². The van der Waals surface area contributed by atoms with Gasteiger partial charge in [-0.05, 0) is 51.4 Å². The molecule has 0 fully saturated rings. The molecular formula is C24H52NO3+. The number of aliphatic hydroxyl groups excluding tert-OH is 3. The van der Waals surface area contributed by atoms with Crippen molar-refractivity contribution >= 4 is 0 Å². The van der Waals surface area contributed by atoms with Gasteiger partial charge in [0.15, 0.2) is 0 Å². The van der Waals surface area contributed by atoms with E-state index in [-0.39, 0.29) is 19.8 Å². The topological polar surface area (TPSA) is 60.7 Å². The summed E-state index contributed by atoms with van der Waals surface area (Å²) in [5.41, 5.74) is 0. The minimum Gasteiger partial charge on any atom is -0.396 e. The minimum absolute atomic E-state index is 0.283. The van der Waals surface area contributed by atoms with Crippen LogP contribution >= 0.6 is 0 Å². The van der Waals surface area contributed by atoms with Gasteiger partial charge in [0, 0.05) is 19.8 Å². The third-order valence-electron chi connectivity index (χ3n) is 6.11. The number of unbranched alkanes of at least 4 members (excludes halogenated alkanes) is 12. The van der Waals surface area contributed by atoms with Crippen molar-refractivity contribution in [3.63, 3.8) is 0 Å². The lowest BCUT2D eigenvalue weighted by Gasteiger charge is -2.39. The Bertz CT molecular complexity index is 273. The van der Waals surface area contributed by atoms with Crippen LogP contribution in [0.1, 0.15) is 110 Å². The largest absolute Gasteiger partial charge is 0.396 e. The molecule has 4 heteroatoms. The highest BCUT2D eigenvalue weighted by molar-refractivity contribution is 4.53. The monoisotopic (exact) mass is 402 g/mol. The normalized spacial score (nSPS) is 12.0. The molecule has 0 aromatic rings. The second-order valence-electron chi connectivity index (χ2n) is 8.71. The summed E-state index contributed by atoms with van der Waals surface area (Å²) in [5.74, 6) is 0. The van der Waals surface area contributed by atoms with Gasteiger partial charge in [-0.15, -0.1) is 0 Å². The van der Waals surface area contributed by atoms with Crippen LogP contribution in [0.25, 0.3) is 0 Å². The second kappa shape index (κ2) is 21.5. The zero-order valence-electron chi connectivity index (χ0n) is 19.1. The predicted molar refractivity (Wildman–Crippen MR) is 121 cm³/mol. The van der Waals surface area contributed by atoms with Crippen LogP contribution in [0.4, 0.5) is 0 Å². The molecule has 0 bridgehead atoms. The fourth-order valence-electron chi connectivity index (χ4n) is 4.28. The number of hydrogen-bond acceptors (Lipinski definition) is 3. The van der Waals surface area contributed by atoms with Crippen molar-refractivity contribution in [2.24, 2.45) is 0 Å². The molecular weight excluding hydrogens is 350 g/mol. The van der Waals surface area contributed by atoms with Gasteiger partial charge >= 0.3 is 0 Å². The van der Waals surface area contributed by atoms with E-state index in [4.69, 9.17) is 0 Å². The standard InChI is InChI=1S/C24H52NO3/c1-2-3-4-5-6-7-8-9-10-11-18-25(19-12-15-22-26,20-13-16-23-27)21-14-17-24-28/h26-28H,2-24H2,1H3/q+1. The molecule has 0 saturated carbocycles. The van der Waals surface area contributed by atoms with Crippen molar-refractivity contribution in [3.8, 4) is 0 Å². The Labute approximate surface area is 175 Å². The van der Waals surface area contributed by atoms with E-state index in [0.29, 0.717) is 0 Å². The van der Waals surface area contributed by atoms with E-state index in [0.717, 1.165) is 62.6 Å². The summed E-state index contributed by atoms with van der Waals surface area (Å²) < 4.78 is 1.12. The molecule has 170 valence electrons. The summed E-state index contributed by atoms with van der Waals surface area (Å²) in [6, 6.07) is 0. The fourth-order valence-corrected chi connectivity index (χ4v) is 4.28. The maximum Gasteiger partial charge on any atom is 0.0787 e. The number of quaternary nitrogens is 1. The third-order valence-corrected chi connectivity index (χ3v) is 6.11. The van der Waals surface area contributed by atoms with E-state index in [1.165, 1.54) is 70.8 Å². The van der Waals surface area contributed by atoms with Gasteiger partial charge in [0.1, 0.15) is 0 Å². The quantitative estimate of drug-likeness (QED) is 0.166. The molecule has 0 aliphatic rings. The summed E-state index contributed by atoms with van der Waals surface area (Å²) in [4.78, 5) is 0. The molecule has 0 aliphatic carbocycles. The van der Waals surface area contributed by atoms with E-state index in [1.807, 2.05) is 0 Å². The van der Waals surface area contributed by atoms with Crippen molar-refractivity contribution in [2.75, 3.05) is 46.0 Å². The van der Waals surface area contributed by atoms with Crippen molar-refractivity contribution in [1.29, 1.82) is 0 Å².